The SMILES string of the molecule is Nc1cccc2c(N=Cc3ccccc3)cccc12. The number of nitrogens with zero attached hydrogens (tertiary/aromatic N) is 1. The molecule has 0 spiro atoms. The molecular formula is C17H14N2. The molecule has 0 bridgehead atoms. The predicted molar refractivity (Wildman–Crippen MR) is 82.1 cm³/mol. The highest BCUT2D eigenvalue weighted by Crippen LogP contribution is 2.29. The van der Waals surface area contributed by atoms with Gasteiger partial charge in [-0.2, -0.15) is 0 Å². The Hall–Kier alpha value is -2.61. The fourth-order valence-electron chi connectivity index (χ4n) is 2.11. The Balaban J connectivity index is 2.07. The smallest absolute Gasteiger partial charge is 0.0708 e. The van der Waals surface area contributed by atoms with Gasteiger partial charge in [-0.1, -0.05) is 54.6 Å². The van der Waals surface area contributed by atoms with Crippen molar-refractivity contribution in [2.75, 3.05) is 5.73 Å². The molecule has 2 heteroatoms. The van der Waals surface area contributed by atoms with Gasteiger partial charge >= 0.3 is 0 Å². The summed E-state index contributed by atoms with van der Waals surface area (Å²) in [4.78, 5) is 4.57. The van der Waals surface area contributed by atoms with Crippen LogP contribution in [0.1, 0.15) is 5.56 Å². The van der Waals surface area contributed by atoms with Crippen LogP contribution >= 0.6 is 0 Å². The van der Waals surface area contributed by atoms with Crippen molar-refractivity contribution < 1.29 is 0 Å². The van der Waals surface area contributed by atoms with Gasteiger partial charge in [-0.3, -0.25) is 4.99 Å². The fourth-order valence-corrected chi connectivity index (χ4v) is 2.11. The number of fused-ring (bicyclic) bond motifs is 1. The van der Waals surface area contributed by atoms with Crippen molar-refractivity contribution >= 4 is 28.4 Å². The van der Waals surface area contributed by atoms with E-state index in [0.29, 0.717) is 0 Å². The second-order valence-electron chi connectivity index (χ2n) is 4.39. The number of anilines is 1. The van der Waals surface area contributed by atoms with Crippen LogP contribution < -0.4 is 5.73 Å². The largest absolute Gasteiger partial charge is 0.398 e. The lowest BCUT2D eigenvalue weighted by Crippen LogP contribution is -1.86. The summed E-state index contributed by atoms with van der Waals surface area (Å²) in [7, 11) is 0. The Morgan fingerprint density at radius 3 is 2.32 bits per heavy atom. The summed E-state index contributed by atoms with van der Waals surface area (Å²) < 4.78 is 0. The van der Waals surface area contributed by atoms with E-state index < -0.39 is 0 Å². The van der Waals surface area contributed by atoms with Crippen LogP contribution in [0.4, 0.5) is 11.4 Å². The number of rotatable bonds is 2. The number of benzene rings is 3. The molecule has 3 aromatic rings. The molecular weight excluding hydrogens is 232 g/mol. The van der Waals surface area contributed by atoms with Crippen LogP contribution in [-0.2, 0) is 0 Å². The monoisotopic (exact) mass is 246 g/mol. The van der Waals surface area contributed by atoms with E-state index in [1.54, 1.807) is 0 Å². The Kier molecular flexibility index (Phi) is 2.99. The van der Waals surface area contributed by atoms with E-state index in [4.69, 9.17) is 5.73 Å². The second-order valence-corrected chi connectivity index (χ2v) is 4.39. The van der Waals surface area contributed by atoms with Crippen LogP contribution in [0.3, 0.4) is 0 Å². The average molecular weight is 246 g/mol. The molecule has 0 unspecified atom stereocenters. The first kappa shape index (κ1) is 11.5. The Labute approximate surface area is 112 Å². The molecule has 2 N–H and O–H groups in total. The zero-order chi connectivity index (χ0) is 13.1. The van der Waals surface area contributed by atoms with Gasteiger partial charge in [-0.05, 0) is 17.7 Å². The predicted octanol–water partition coefficient (Wildman–Crippen LogP) is 4.17. The third-order valence-corrected chi connectivity index (χ3v) is 3.09. The van der Waals surface area contributed by atoms with Crippen LogP contribution in [0.15, 0.2) is 71.7 Å². The third-order valence-electron chi connectivity index (χ3n) is 3.09. The summed E-state index contributed by atoms with van der Waals surface area (Å²) in [6, 6.07) is 22.0. The molecule has 92 valence electrons. The van der Waals surface area contributed by atoms with Crippen LogP contribution in [0.5, 0.6) is 0 Å². The van der Waals surface area contributed by atoms with E-state index in [-0.39, 0.29) is 0 Å². The first-order valence-electron chi connectivity index (χ1n) is 6.21. The van der Waals surface area contributed by atoms with Gasteiger partial charge in [0.15, 0.2) is 0 Å². The maximum atomic E-state index is 5.98. The summed E-state index contributed by atoms with van der Waals surface area (Å²) in [5.41, 5.74) is 8.79. The minimum absolute atomic E-state index is 0.786. The summed E-state index contributed by atoms with van der Waals surface area (Å²) in [6.45, 7) is 0. The summed E-state index contributed by atoms with van der Waals surface area (Å²) in [5.74, 6) is 0. The molecule has 0 saturated carbocycles. The van der Waals surface area contributed by atoms with E-state index in [9.17, 15) is 0 Å². The van der Waals surface area contributed by atoms with E-state index in [1.807, 2.05) is 72.9 Å². The molecule has 0 aromatic heterocycles. The maximum Gasteiger partial charge on any atom is 0.0708 e. The van der Waals surface area contributed by atoms with Gasteiger partial charge in [0.05, 0.1) is 5.69 Å². The molecule has 0 radical (unpaired) electrons. The van der Waals surface area contributed by atoms with Crippen molar-refractivity contribution in [3.8, 4) is 0 Å². The Morgan fingerprint density at radius 1 is 0.737 bits per heavy atom. The average Bonchev–Trinajstić information content (AvgIpc) is 2.47. The van der Waals surface area contributed by atoms with E-state index in [2.05, 4.69) is 4.99 Å². The Morgan fingerprint density at radius 2 is 1.47 bits per heavy atom. The van der Waals surface area contributed by atoms with Gasteiger partial charge < -0.3 is 5.73 Å². The van der Waals surface area contributed by atoms with Crippen LogP contribution in [-0.4, -0.2) is 6.21 Å². The van der Waals surface area contributed by atoms with Crippen molar-refractivity contribution in [2.45, 2.75) is 0 Å². The molecule has 0 fully saturated rings. The molecule has 0 aliphatic carbocycles. The lowest BCUT2D eigenvalue weighted by Gasteiger charge is -2.04. The van der Waals surface area contributed by atoms with Crippen molar-refractivity contribution in [1.29, 1.82) is 0 Å². The van der Waals surface area contributed by atoms with E-state index in [1.165, 1.54) is 0 Å². The molecule has 0 atom stereocenters. The van der Waals surface area contributed by atoms with Crippen molar-refractivity contribution in [2.24, 2.45) is 4.99 Å². The van der Waals surface area contributed by atoms with Crippen LogP contribution in [0.2, 0.25) is 0 Å². The van der Waals surface area contributed by atoms with E-state index in [0.717, 1.165) is 27.7 Å². The summed E-state index contributed by atoms with van der Waals surface area (Å²) >= 11 is 0. The quantitative estimate of drug-likeness (QED) is 0.535. The van der Waals surface area contributed by atoms with Gasteiger partial charge in [0, 0.05) is 22.7 Å². The van der Waals surface area contributed by atoms with Crippen LogP contribution in [0.25, 0.3) is 10.8 Å². The lowest BCUT2D eigenvalue weighted by atomic mass is 10.1. The first-order valence-corrected chi connectivity index (χ1v) is 6.21. The highest BCUT2D eigenvalue weighted by atomic mass is 14.7. The first-order chi connectivity index (χ1) is 9.34. The fraction of sp³-hybridized carbons (Fsp3) is 0. The lowest BCUT2D eigenvalue weighted by molar-refractivity contribution is 1.56. The number of aliphatic imine (C=N–C) groups is 1. The van der Waals surface area contributed by atoms with Crippen LogP contribution in [0, 0.1) is 0 Å². The normalized spacial score (nSPS) is 11.2. The molecule has 0 heterocycles. The number of nitrogens with two attached hydrogens (primary N) is 1. The van der Waals surface area contributed by atoms with Gasteiger partial charge in [-0.15, -0.1) is 0 Å². The van der Waals surface area contributed by atoms with Crippen molar-refractivity contribution in [3.05, 3.63) is 72.3 Å². The number of nitrogen functional groups attached to an aromatic ring is 1. The molecule has 19 heavy (non-hydrogen) atoms. The maximum absolute atomic E-state index is 5.98. The number of hydrogen-bond acceptors (Lipinski definition) is 2. The molecule has 0 aliphatic heterocycles. The minimum atomic E-state index is 0.786. The standard InChI is InChI=1S/C17H14N2/c18-16-10-4-9-15-14(16)8-5-11-17(15)19-12-13-6-2-1-3-7-13/h1-12H,18H2. The van der Waals surface area contributed by atoms with Crippen molar-refractivity contribution in [1.82, 2.24) is 0 Å². The highest BCUT2D eigenvalue weighted by molar-refractivity contribution is 6.01. The summed E-state index contributed by atoms with van der Waals surface area (Å²) in [6.07, 6.45) is 1.87. The van der Waals surface area contributed by atoms with E-state index >= 15 is 0 Å². The highest BCUT2D eigenvalue weighted by Gasteiger charge is 2.00. The second kappa shape index (κ2) is 4.94. The molecule has 0 aliphatic rings. The molecule has 0 amide bonds. The molecule has 2 nitrogen and oxygen atoms in total. The minimum Gasteiger partial charge on any atom is -0.398 e. The van der Waals surface area contributed by atoms with Gasteiger partial charge in [0.2, 0.25) is 0 Å². The third kappa shape index (κ3) is 2.33. The topological polar surface area (TPSA) is 38.4 Å². The zero-order valence-corrected chi connectivity index (χ0v) is 10.5. The van der Waals surface area contributed by atoms with Crippen molar-refractivity contribution in [3.63, 3.8) is 0 Å². The molecule has 3 aromatic carbocycles. The zero-order valence-electron chi connectivity index (χ0n) is 10.5. The van der Waals surface area contributed by atoms with Gasteiger partial charge in [0.25, 0.3) is 0 Å². The van der Waals surface area contributed by atoms with Gasteiger partial charge in [0.1, 0.15) is 0 Å². The molecule has 0 saturated heterocycles. The summed E-state index contributed by atoms with van der Waals surface area (Å²) in [5, 5.41) is 2.12. The Bertz CT molecular complexity index is 731. The molecule has 3 rings (SSSR count). The van der Waals surface area contributed by atoms with Gasteiger partial charge in [-0.25, -0.2) is 0 Å². The number of hydrogen-bond donors (Lipinski definition) is 1.